The number of Topliss-reactive ketones (excluding diaryl/α,β-unsaturated/α-hetero) is 1. The highest BCUT2D eigenvalue weighted by Crippen LogP contribution is 2.69. The van der Waals surface area contributed by atoms with Gasteiger partial charge in [-0.2, -0.15) is 0 Å². The van der Waals surface area contributed by atoms with Crippen LogP contribution in [0.25, 0.3) is 0 Å². The van der Waals surface area contributed by atoms with Crippen LogP contribution < -0.4 is 5.32 Å². The fourth-order valence-electron chi connectivity index (χ4n) is 9.56. The second-order valence-electron chi connectivity index (χ2n) is 14.0. The van der Waals surface area contributed by atoms with Gasteiger partial charge in [-0.25, -0.2) is 4.79 Å². The summed E-state index contributed by atoms with van der Waals surface area (Å²) < 4.78 is 12.4. The van der Waals surface area contributed by atoms with Gasteiger partial charge in [-0.3, -0.25) is 14.9 Å². The van der Waals surface area contributed by atoms with E-state index in [2.05, 4.69) is 51.8 Å². The molecule has 2 saturated heterocycles. The predicted molar refractivity (Wildman–Crippen MR) is 141 cm³/mol. The highest BCUT2D eigenvalue weighted by molar-refractivity contribution is 5.93. The van der Waals surface area contributed by atoms with E-state index >= 15 is 0 Å². The lowest BCUT2D eigenvalue weighted by Crippen LogP contribution is -2.64. The summed E-state index contributed by atoms with van der Waals surface area (Å²) in [5.74, 6) is 0.713. The molecular formula is C30H48N2O5. The lowest BCUT2D eigenvalue weighted by molar-refractivity contribution is -0.194. The molecule has 5 aliphatic rings. The molecule has 2 aliphatic heterocycles. The van der Waals surface area contributed by atoms with E-state index in [1.807, 2.05) is 0 Å². The quantitative estimate of drug-likeness (QED) is 0.584. The van der Waals surface area contributed by atoms with Crippen molar-refractivity contribution in [3.8, 4) is 0 Å². The number of nitrogens with zero attached hydrogens (tertiary/aromatic N) is 1. The fraction of sp³-hybridized carbons (Fsp3) is 0.900. The number of fused-ring (bicyclic) bond motifs is 2. The van der Waals surface area contributed by atoms with Gasteiger partial charge in [0.15, 0.2) is 0 Å². The maximum absolute atomic E-state index is 14.3. The third kappa shape index (κ3) is 3.92. The Labute approximate surface area is 222 Å². The maximum atomic E-state index is 14.3. The van der Waals surface area contributed by atoms with Crippen molar-refractivity contribution in [3.63, 3.8) is 0 Å². The highest BCUT2D eigenvalue weighted by Gasteiger charge is 2.69. The smallest absolute Gasteiger partial charge is 0.414 e. The number of rotatable bonds is 4. The number of carbonyl (C=O) groups excluding carboxylic acids is 3. The zero-order chi connectivity index (χ0) is 26.9. The summed E-state index contributed by atoms with van der Waals surface area (Å²) in [6, 6.07) is 0. The van der Waals surface area contributed by atoms with Crippen molar-refractivity contribution < 1.29 is 23.9 Å². The minimum Gasteiger partial charge on any atom is -0.445 e. The molecule has 1 N–H and O–H groups in total. The van der Waals surface area contributed by atoms with Crippen molar-refractivity contribution in [2.45, 2.75) is 92.3 Å². The highest BCUT2D eigenvalue weighted by atomic mass is 16.6. The third-order valence-electron chi connectivity index (χ3n) is 12.5. The topological polar surface area (TPSA) is 84.9 Å². The Kier molecular flexibility index (Phi) is 6.83. The van der Waals surface area contributed by atoms with Gasteiger partial charge in [0, 0.05) is 42.9 Å². The van der Waals surface area contributed by atoms with E-state index in [4.69, 9.17) is 9.47 Å². The first-order valence-corrected chi connectivity index (χ1v) is 14.7. The molecule has 5 fully saturated rings. The number of piperidine rings is 1. The standard InChI is InChI=1S/C30H48N2O5/c1-17(2)28(5)14-23(37-27(35)31-26(34)21-16-32-13-10-20(21)15-32)29(6)18(3)8-11-30(19(4)25(28)33)12-9-22(36-7)24(29)30/h17-24H,8-16H2,1-7H3,(H,31,34,35)/t18-,19+,20-,21+,22-,23-,24?,28+,29+,30?/m1/s1. The van der Waals surface area contributed by atoms with Gasteiger partial charge in [0.05, 0.1) is 12.0 Å². The number of hydrogen-bond acceptors (Lipinski definition) is 6. The molecular weight excluding hydrogens is 468 g/mol. The van der Waals surface area contributed by atoms with Gasteiger partial charge >= 0.3 is 6.09 Å². The lowest BCUT2D eigenvalue weighted by Gasteiger charge is -2.62. The third-order valence-corrected chi connectivity index (χ3v) is 12.5. The Morgan fingerprint density at radius 3 is 2.38 bits per heavy atom. The van der Waals surface area contributed by atoms with Gasteiger partial charge in [0.25, 0.3) is 0 Å². The van der Waals surface area contributed by atoms with E-state index in [0.717, 1.165) is 51.7 Å². The zero-order valence-corrected chi connectivity index (χ0v) is 24.0. The van der Waals surface area contributed by atoms with Gasteiger partial charge in [-0.1, -0.05) is 41.5 Å². The molecule has 11 atom stereocenters. The molecule has 37 heavy (non-hydrogen) atoms. The van der Waals surface area contributed by atoms with Crippen LogP contribution in [0.4, 0.5) is 4.79 Å². The minimum absolute atomic E-state index is 0.0327. The van der Waals surface area contributed by atoms with Crippen molar-refractivity contribution in [2.24, 2.45) is 51.8 Å². The molecule has 3 aliphatic carbocycles. The van der Waals surface area contributed by atoms with Gasteiger partial charge in [0.1, 0.15) is 11.9 Å². The largest absolute Gasteiger partial charge is 0.445 e. The molecule has 5 rings (SSSR count). The molecule has 2 heterocycles. The Hall–Kier alpha value is -1.47. The Morgan fingerprint density at radius 1 is 1.08 bits per heavy atom. The first kappa shape index (κ1) is 27.1. The Bertz CT molecular complexity index is 952. The lowest BCUT2D eigenvalue weighted by atomic mass is 9.43. The van der Waals surface area contributed by atoms with Crippen LogP contribution in [0.15, 0.2) is 0 Å². The monoisotopic (exact) mass is 516 g/mol. The summed E-state index contributed by atoms with van der Waals surface area (Å²) in [7, 11) is 1.78. The van der Waals surface area contributed by atoms with Crippen LogP contribution in [-0.2, 0) is 19.1 Å². The van der Waals surface area contributed by atoms with Crippen LogP contribution in [0, 0.1) is 51.8 Å². The van der Waals surface area contributed by atoms with Crippen molar-refractivity contribution in [1.29, 1.82) is 0 Å². The second kappa shape index (κ2) is 9.32. The molecule has 0 aromatic carbocycles. The SMILES string of the molecule is CO[C@@H]1CCC23CC[C@@H](C)[C@](C)(C12)[C@H](OC(=O)NC(=O)[C@H]1CN2CC[C@@H]1C2)C[C@@](C)(C(C)C)C(=O)[C@@H]3C. The molecule has 0 aromatic rings. The van der Waals surface area contributed by atoms with Crippen molar-refractivity contribution in [3.05, 3.63) is 0 Å². The molecule has 3 saturated carbocycles. The molecule has 0 aromatic heterocycles. The molecule has 3 unspecified atom stereocenters. The van der Waals surface area contributed by atoms with E-state index < -0.39 is 17.6 Å². The van der Waals surface area contributed by atoms with Gasteiger partial charge in [-0.05, 0) is 68.2 Å². The van der Waals surface area contributed by atoms with Gasteiger partial charge < -0.3 is 14.4 Å². The number of carbonyl (C=O) groups is 3. The summed E-state index contributed by atoms with van der Waals surface area (Å²) in [6.45, 7) is 15.7. The normalized spacial score (nSPS) is 48.9. The Morgan fingerprint density at radius 2 is 1.78 bits per heavy atom. The molecule has 208 valence electrons. The molecule has 7 heteroatoms. The van der Waals surface area contributed by atoms with Crippen LogP contribution >= 0.6 is 0 Å². The molecule has 0 spiro atoms. The average molecular weight is 517 g/mol. The number of ketones is 1. The fourth-order valence-corrected chi connectivity index (χ4v) is 9.56. The number of nitrogens with one attached hydrogen (secondary N) is 1. The molecule has 0 radical (unpaired) electrons. The molecule has 4 bridgehead atoms. The van der Waals surface area contributed by atoms with Gasteiger partial charge in [0.2, 0.25) is 5.91 Å². The minimum atomic E-state index is -0.656. The van der Waals surface area contributed by atoms with E-state index in [1.165, 1.54) is 0 Å². The van der Waals surface area contributed by atoms with Crippen LogP contribution in [-0.4, -0.2) is 61.6 Å². The van der Waals surface area contributed by atoms with Gasteiger partial charge in [-0.15, -0.1) is 0 Å². The number of alkyl carbamates (subject to hydrolysis) is 1. The number of hydrogen-bond donors (Lipinski definition) is 1. The summed E-state index contributed by atoms with van der Waals surface area (Å²) in [5.41, 5.74) is -1.13. The summed E-state index contributed by atoms with van der Waals surface area (Å²) >= 11 is 0. The van der Waals surface area contributed by atoms with Crippen molar-refractivity contribution >= 4 is 17.8 Å². The predicted octanol–water partition coefficient (Wildman–Crippen LogP) is 4.68. The van der Waals surface area contributed by atoms with Crippen molar-refractivity contribution in [2.75, 3.05) is 26.7 Å². The first-order chi connectivity index (χ1) is 17.4. The van der Waals surface area contributed by atoms with E-state index in [-0.39, 0.29) is 46.5 Å². The first-order valence-electron chi connectivity index (χ1n) is 14.7. The van der Waals surface area contributed by atoms with E-state index in [1.54, 1.807) is 7.11 Å². The van der Waals surface area contributed by atoms with Crippen LogP contribution in [0.1, 0.15) is 80.1 Å². The number of methoxy groups -OCH3 is 1. The van der Waals surface area contributed by atoms with E-state index in [9.17, 15) is 14.4 Å². The molecule has 7 nitrogen and oxygen atoms in total. The van der Waals surface area contributed by atoms with E-state index in [0.29, 0.717) is 24.0 Å². The Balaban J connectivity index is 1.49. The van der Waals surface area contributed by atoms with Crippen LogP contribution in [0.5, 0.6) is 0 Å². The second-order valence-corrected chi connectivity index (χ2v) is 14.0. The van der Waals surface area contributed by atoms with Crippen LogP contribution in [0.2, 0.25) is 0 Å². The number of ether oxygens (including phenoxy) is 2. The summed E-state index contributed by atoms with van der Waals surface area (Å²) in [5, 5.41) is 2.61. The van der Waals surface area contributed by atoms with Crippen LogP contribution in [0.3, 0.4) is 0 Å². The summed E-state index contributed by atoms with van der Waals surface area (Å²) in [6.07, 6.45) is 4.28. The zero-order valence-electron chi connectivity index (χ0n) is 24.0. The average Bonchev–Trinajstić information content (AvgIpc) is 3.59. The summed E-state index contributed by atoms with van der Waals surface area (Å²) in [4.78, 5) is 43.0. The number of amides is 2. The molecule has 2 amide bonds. The maximum Gasteiger partial charge on any atom is 0.414 e. The number of imide groups is 1. The van der Waals surface area contributed by atoms with Crippen molar-refractivity contribution in [1.82, 2.24) is 10.2 Å².